The first-order valence-corrected chi connectivity index (χ1v) is 7.24. The van der Waals surface area contributed by atoms with E-state index in [1.807, 2.05) is 0 Å². The molecule has 1 aromatic heterocycles. The Morgan fingerprint density at radius 1 is 1.16 bits per heavy atom. The number of hydrogen-bond donors (Lipinski definition) is 2. The number of ether oxygens (including phenoxy) is 1. The number of nitrogens with zero attached hydrogens (tertiary/aromatic N) is 2. The molecule has 3 N–H and O–H groups in total. The third-order valence-electron chi connectivity index (χ3n) is 4.26. The Morgan fingerprint density at radius 2 is 2.00 bits per heavy atom. The molecule has 0 amide bonds. The Hall–Kier alpha value is -1.20. The lowest BCUT2D eigenvalue weighted by molar-refractivity contribution is 0.00924. The van der Waals surface area contributed by atoms with Crippen LogP contribution in [0, 0.1) is 0 Å². The Balaban J connectivity index is 2.05. The van der Waals surface area contributed by atoms with E-state index in [9.17, 15) is 0 Å². The quantitative estimate of drug-likeness (QED) is 0.485. The van der Waals surface area contributed by atoms with Gasteiger partial charge in [-0.1, -0.05) is 6.42 Å². The van der Waals surface area contributed by atoms with E-state index in [0.717, 1.165) is 49.6 Å². The van der Waals surface area contributed by atoms with Crippen LogP contribution in [0.15, 0.2) is 0 Å². The summed E-state index contributed by atoms with van der Waals surface area (Å²) in [7, 11) is 0. The van der Waals surface area contributed by atoms with Crippen molar-refractivity contribution in [1.82, 2.24) is 9.97 Å². The van der Waals surface area contributed by atoms with Crippen LogP contribution in [0.4, 0.5) is 5.82 Å². The number of fused-ring (bicyclic) bond motifs is 1. The minimum absolute atomic E-state index is 0.340. The summed E-state index contributed by atoms with van der Waals surface area (Å²) in [5, 5.41) is 0. The molecule has 1 saturated heterocycles. The average molecular weight is 262 g/mol. The maximum absolute atomic E-state index is 5.85. The predicted octanol–water partition coefficient (Wildman–Crippen LogP) is 2.06. The summed E-state index contributed by atoms with van der Waals surface area (Å²) in [4.78, 5) is 9.43. The van der Waals surface area contributed by atoms with Crippen molar-refractivity contribution in [3.8, 4) is 0 Å². The summed E-state index contributed by atoms with van der Waals surface area (Å²) in [5.41, 5.74) is 4.78. The van der Waals surface area contributed by atoms with Crippen molar-refractivity contribution < 1.29 is 4.74 Å². The van der Waals surface area contributed by atoms with E-state index in [4.69, 9.17) is 15.6 Å². The standard InChI is InChI=1S/C14H22N4O/c1-14(8-5-9-19-14)13-16-11-7-4-2-3-6-10(11)12(17-13)18-15/h2-9,15H2,1H3,(H,16,17,18). The van der Waals surface area contributed by atoms with E-state index in [1.165, 1.54) is 24.8 Å². The van der Waals surface area contributed by atoms with Gasteiger partial charge < -0.3 is 10.2 Å². The molecule has 19 heavy (non-hydrogen) atoms. The molecule has 1 fully saturated rings. The number of anilines is 1. The van der Waals surface area contributed by atoms with Crippen molar-refractivity contribution in [2.24, 2.45) is 5.84 Å². The van der Waals surface area contributed by atoms with Crippen LogP contribution in [0.25, 0.3) is 0 Å². The molecule has 0 spiro atoms. The fourth-order valence-electron chi connectivity index (χ4n) is 3.08. The zero-order valence-corrected chi connectivity index (χ0v) is 11.5. The van der Waals surface area contributed by atoms with Gasteiger partial charge in [-0.3, -0.25) is 0 Å². The molecule has 0 saturated carbocycles. The second kappa shape index (κ2) is 5.06. The van der Waals surface area contributed by atoms with Gasteiger partial charge >= 0.3 is 0 Å². The third kappa shape index (κ3) is 2.32. The van der Waals surface area contributed by atoms with Crippen LogP contribution in [0.2, 0.25) is 0 Å². The molecule has 5 nitrogen and oxygen atoms in total. The zero-order valence-electron chi connectivity index (χ0n) is 11.5. The molecule has 104 valence electrons. The molecular weight excluding hydrogens is 240 g/mol. The van der Waals surface area contributed by atoms with Crippen molar-refractivity contribution in [2.75, 3.05) is 12.0 Å². The Bertz CT molecular complexity index is 469. The molecule has 1 unspecified atom stereocenters. The van der Waals surface area contributed by atoms with Gasteiger partial charge in [0.15, 0.2) is 5.82 Å². The molecular formula is C14H22N4O. The lowest BCUT2D eigenvalue weighted by Gasteiger charge is -2.23. The van der Waals surface area contributed by atoms with Gasteiger partial charge in [0.05, 0.1) is 0 Å². The highest BCUT2D eigenvalue weighted by Gasteiger charge is 2.36. The highest BCUT2D eigenvalue weighted by atomic mass is 16.5. The smallest absolute Gasteiger partial charge is 0.162 e. The predicted molar refractivity (Wildman–Crippen MR) is 73.6 cm³/mol. The number of aromatic nitrogens is 2. The zero-order chi connectivity index (χ0) is 13.3. The monoisotopic (exact) mass is 262 g/mol. The number of nitrogen functional groups attached to an aromatic ring is 1. The Morgan fingerprint density at radius 3 is 2.74 bits per heavy atom. The molecule has 1 aliphatic carbocycles. The van der Waals surface area contributed by atoms with Crippen molar-refractivity contribution in [2.45, 2.75) is 57.5 Å². The average Bonchev–Trinajstić information content (AvgIpc) is 2.74. The summed E-state index contributed by atoms with van der Waals surface area (Å²) in [6.45, 7) is 2.88. The summed E-state index contributed by atoms with van der Waals surface area (Å²) in [6, 6.07) is 0. The van der Waals surface area contributed by atoms with E-state index < -0.39 is 0 Å². The van der Waals surface area contributed by atoms with Gasteiger partial charge in [-0.05, 0) is 45.4 Å². The van der Waals surface area contributed by atoms with Crippen molar-refractivity contribution >= 4 is 5.82 Å². The number of hydrogen-bond acceptors (Lipinski definition) is 5. The summed E-state index contributed by atoms with van der Waals surface area (Å²) in [5.74, 6) is 7.24. The SMILES string of the molecule is CC1(c2nc3c(c(NN)n2)CCCCC3)CCCO1. The third-order valence-corrected chi connectivity index (χ3v) is 4.26. The molecule has 1 aliphatic heterocycles. The van der Waals surface area contributed by atoms with Gasteiger partial charge in [0.2, 0.25) is 0 Å². The largest absolute Gasteiger partial charge is 0.367 e. The van der Waals surface area contributed by atoms with Crippen LogP contribution >= 0.6 is 0 Å². The van der Waals surface area contributed by atoms with Crippen molar-refractivity contribution in [3.63, 3.8) is 0 Å². The summed E-state index contributed by atoms with van der Waals surface area (Å²) < 4.78 is 5.85. The molecule has 1 atom stereocenters. The van der Waals surface area contributed by atoms with Crippen molar-refractivity contribution in [1.29, 1.82) is 0 Å². The van der Waals surface area contributed by atoms with Crippen LogP contribution in [-0.2, 0) is 23.2 Å². The van der Waals surface area contributed by atoms with Crippen LogP contribution < -0.4 is 11.3 Å². The molecule has 1 aromatic rings. The van der Waals surface area contributed by atoms with E-state index in [-0.39, 0.29) is 5.60 Å². The number of nitrogens with two attached hydrogens (primary N) is 1. The lowest BCUT2D eigenvalue weighted by Crippen LogP contribution is -2.26. The van der Waals surface area contributed by atoms with E-state index in [1.54, 1.807) is 0 Å². The number of aryl methyl sites for hydroxylation is 1. The maximum Gasteiger partial charge on any atom is 0.162 e. The van der Waals surface area contributed by atoms with Crippen LogP contribution in [0.3, 0.4) is 0 Å². The lowest BCUT2D eigenvalue weighted by atomic mass is 10.0. The van der Waals surface area contributed by atoms with Gasteiger partial charge in [-0.15, -0.1) is 0 Å². The molecule has 3 rings (SSSR count). The normalized spacial score (nSPS) is 26.8. The van der Waals surface area contributed by atoms with Gasteiger partial charge in [-0.2, -0.15) is 0 Å². The minimum Gasteiger partial charge on any atom is -0.367 e. The van der Waals surface area contributed by atoms with E-state index >= 15 is 0 Å². The van der Waals surface area contributed by atoms with Crippen molar-refractivity contribution in [3.05, 3.63) is 17.1 Å². The number of nitrogens with one attached hydrogen (secondary N) is 1. The minimum atomic E-state index is -0.340. The van der Waals surface area contributed by atoms with Crippen LogP contribution in [0.5, 0.6) is 0 Å². The number of hydrazine groups is 1. The first-order chi connectivity index (χ1) is 9.23. The molecule has 0 bridgehead atoms. The van der Waals surface area contributed by atoms with Gasteiger partial charge in [0.25, 0.3) is 0 Å². The van der Waals surface area contributed by atoms with Gasteiger partial charge in [0, 0.05) is 17.9 Å². The van der Waals surface area contributed by atoms with E-state index in [0.29, 0.717) is 0 Å². The maximum atomic E-state index is 5.85. The topological polar surface area (TPSA) is 73.1 Å². The highest BCUT2D eigenvalue weighted by Crippen LogP contribution is 2.35. The fraction of sp³-hybridized carbons (Fsp3) is 0.714. The first kappa shape index (κ1) is 12.8. The highest BCUT2D eigenvalue weighted by molar-refractivity contribution is 5.47. The number of rotatable bonds is 2. The Kier molecular flexibility index (Phi) is 3.41. The fourth-order valence-corrected chi connectivity index (χ4v) is 3.08. The van der Waals surface area contributed by atoms with Gasteiger partial charge in [-0.25, -0.2) is 15.8 Å². The molecule has 0 aromatic carbocycles. The van der Waals surface area contributed by atoms with E-state index in [2.05, 4.69) is 17.3 Å². The second-order valence-corrected chi connectivity index (χ2v) is 5.71. The first-order valence-electron chi connectivity index (χ1n) is 7.24. The summed E-state index contributed by atoms with van der Waals surface area (Å²) in [6.07, 6.45) is 7.74. The molecule has 2 heterocycles. The second-order valence-electron chi connectivity index (χ2n) is 5.71. The summed E-state index contributed by atoms with van der Waals surface area (Å²) >= 11 is 0. The molecule has 2 aliphatic rings. The molecule has 5 heteroatoms. The van der Waals surface area contributed by atoms with Crippen LogP contribution in [0.1, 0.15) is 56.1 Å². The van der Waals surface area contributed by atoms with Crippen LogP contribution in [-0.4, -0.2) is 16.6 Å². The van der Waals surface area contributed by atoms with Gasteiger partial charge in [0.1, 0.15) is 11.4 Å². The molecule has 0 radical (unpaired) electrons. The Labute approximate surface area is 113 Å².